The zero-order valence-corrected chi connectivity index (χ0v) is 18.8. The molecule has 0 aliphatic carbocycles. The molecule has 0 bridgehead atoms. The number of hydrogen-bond acceptors (Lipinski definition) is 6. The monoisotopic (exact) mass is 460 g/mol. The molecule has 2 aromatic heterocycles. The molecule has 4 aromatic rings. The van der Waals surface area contributed by atoms with Crippen LogP contribution in [0, 0.1) is 18.3 Å². The number of amides is 1. The van der Waals surface area contributed by atoms with Gasteiger partial charge in [0, 0.05) is 18.4 Å². The Kier molecular flexibility index (Phi) is 6.16. The largest absolute Gasteiger partial charge is 0.504 e. The van der Waals surface area contributed by atoms with Gasteiger partial charge in [-0.05, 0) is 42.8 Å². The second kappa shape index (κ2) is 9.18. The molecule has 0 saturated carbocycles. The topological polar surface area (TPSA) is 116 Å². The molecular formula is C24H21ClN6O2. The fraction of sp³-hybridized carbons (Fsp3) is 0.167. The van der Waals surface area contributed by atoms with E-state index in [0.29, 0.717) is 28.5 Å². The molecule has 0 aliphatic rings. The van der Waals surface area contributed by atoms with Crippen LogP contribution in [-0.2, 0) is 11.3 Å². The molecule has 166 valence electrons. The number of benzene rings is 2. The Morgan fingerprint density at radius 3 is 2.79 bits per heavy atom. The molecule has 1 amide bonds. The minimum absolute atomic E-state index is 0.113. The van der Waals surface area contributed by atoms with Crippen LogP contribution in [0.1, 0.15) is 30.2 Å². The fourth-order valence-corrected chi connectivity index (χ4v) is 3.68. The fourth-order valence-electron chi connectivity index (χ4n) is 3.44. The van der Waals surface area contributed by atoms with Crippen molar-refractivity contribution in [3.8, 4) is 17.6 Å². The lowest BCUT2D eigenvalue weighted by Gasteiger charge is -2.13. The lowest BCUT2D eigenvalue weighted by molar-refractivity contribution is -0.115. The summed E-state index contributed by atoms with van der Waals surface area (Å²) in [6.45, 7) is 3.74. The highest BCUT2D eigenvalue weighted by Gasteiger charge is 2.18. The van der Waals surface area contributed by atoms with Gasteiger partial charge in [-0.15, -0.1) is 0 Å². The zero-order valence-electron chi connectivity index (χ0n) is 18.1. The van der Waals surface area contributed by atoms with Gasteiger partial charge < -0.3 is 15.7 Å². The van der Waals surface area contributed by atoms with Crippen LogP contribution in [0.15, 0.2) is 48.5 Å². The smallest absolute Gasteiger partial charge is 0.224 e. The van der Waals surface area contributed by atoms with Crippen LogP contribution >= 0.6 is 11.6 Å². The van der Waals surface area contributed by atoms with E-state index in [4.69, 9.17) is 11.6 Å². The lowest BCUT2D eigenvalue weighted by atomic mass is 10.1. The summed E-state index contributed by atoms with van der Waals surface area (Å²) in [5.74, 6) is 0.622. The molecular weight excluding hydrogens is 440 g/mol. The number of aromatic nitrogens is 3. The van der Waals surface area contributed by atoms with Gasteiger partial charge in [-0.2, -0.15) is 15.0 Å². The number of fused-ring (bicyclic) bond motifs is 1. The molecule has 0 spiro atoms. The van der Waals surface area contributed by atoms with Crippen LogP contribution in [-0.4, -0.2) is 25.8 Å². The standard InChI is InChI=1S/C24H21ClN6O2/c1-3-22(32)29-20-11-15(10-18(25)23(20)33)13-27-24-17(12-26)14(2)30-31(24)21-9-8-16-6-4-5-7-19(16)28-21/h4-11,27,33H,3,13H2,1-2H3,(H,29,32). The molecule has 33 heavy (non-hydrogen) atoms. The van der Waals surface area contributed by atoms with Crippen molar-refractivity contribution < 1.29 is 9.90 Å². The summed E-state index contributed by atoms with van der Waals surface area (Å²) in [6.07, 6.45) is 0.266. The highest BCUT2D eigenvalue weighted by Crippen LogP contribution is 2.34. The zero-order chi connectivity index (χ0) is 23.5. The Hall–Kier alpha value is -4.09. The van der Waals surface area contributed by atoms with Crippen LogP contribution in [0.25, 0.3) is 16.7 Å². The Labute approximate surface area is 195 Å². The average molecular weight is 461 g/mol. The summed E-state index contributed by atoms with van der Waals surface area (Å²) in [5.41, 5.74) is 2.70. The van der Waals surface area contributed by atoms with E-state index in [1.807, 2.05) is 36.4 Å². The number of carbonyl (C=O) groups is 1. The lowest BCUT2D eigenvalue weighted by Crippen LogP contribution is -2.11. The van der Waals surface area contributed by atoms with E-state index in [-0.39, 0.29) is 35.3 Å². The van der Waals surface area contributed by atoms with Gasteiger partial charge in [0.25, 0.3) is 0 Å². The molecule has 0 fully saturated rings. The third-order valence-electron chi connectivity index (χ3n) is 5.15. The normalized spacial score (nSPS) is 10.7. The number of anilines is 2. The first-order valence-electron chi connectivity index (χ1n) is 10.3. The number of halogens is 1. The van der Waals surface area contributed by atoms with Crippen LogP contribution in [0.3, 0.4) is 0 Å². The number of nitrogens with one attached hydrogen (secondary N) is 2. The molecule has 0 atom stereocenters. The van der Waals surface area contributed by atoms with Gasteiger partial charge in [0.2, 0.25) is 5.91 Å². The van der Waals surface area contributed by atoms with Gasteiger partial charge in [-0.3, -0.25) is 4.79 Å². The van der Waals surface area contributed by atoms with Crippen molar-refractivity contribution in [3.63, 3.8) is 0 Å². The van der Waals surface area contributed by atoms with Gasteiger partial charge in [0.15, 0.2) is 11.6 Å². The average Bonchev–Trinajstić information content (AvgIpc) is 3.15. The first kappa shape index (κ1) is 22.1. The first-order chi connectivity index (χ1) is 15.9. The highest BCUT2D eigenvalue weighted by molar-refractivity contribution is 6.32. The first-order valence-corrected chi connectivity index (χ1v) is 10.7. The van der Waals surface area contributed by atoms with E-state index in [9.17, 15) is 15.2 Å². The third-order valence-corrected chi connectivity index (χ3v) is 5.44. The minimum Gasteiger partial charge on any atom is -0.504 e. The van der Waals surface area contributed by atoms with E-state index in [2.05, 4.69) is 26.8 Å². The number of hydrogen-bond donors (Lipinski definition) is 3. The number of rotatable bonds is 6. The number of nitriles is 1. The Morgan fingerprint density at radius 2 is 2.03 bits per heavy atom. The second-order valence-corrected chi connectivity index (χ2v) is 7.83. The molecule has 0 saturated heterocycles. The van der Waals surface area contributed by atoms with E-state index >= 15 is 0 Å². The van der Waals surface area contributed by atoms with Crippen molar-refractivity contribution in [2.24, 2.45) is 0 Å². The predicted molar refractivity (Wildman–Crippen MR) is 128 cm³/mol. The highest BCUT2D eigenvalue weighted by atomic mass is 35.5. The Morgan fingerprint density at radius 1 is 1.24 bits per heavy atom. The summed E-state index contributed by atoms with van der Waals surface area (Å²) >= 11 is 6.16. The number of phenolic OH excluding ortho intramolecular Hbond substituents is 1. The summed E-state index contributed by atoms with van der Waals surface area (Å²) in [4.78, 5) is 16.5. The Bertz CT molecular complexity index is 1410. The molecule has 2 heterocycles. The minimum atomic E-state index is -0.241. The van der Waals surface area contributed by atoms with E-state index in [0.717, 1.165) is 10.9 Å². The number of nitrogens with zero attached hydrogens (tertiary/aromatic N) is 4. The SMILES string of the molecule is CCC(=O)Nc1cc(CNc2c(C#N)c(C)nn2-c2ccc3ccccc3n2)cc(Cl)c1O. The van der Waals surface area contributed by atoms with Crippen LogP contribution < -0.4 is 10.6 Å². The van der Waals surface area contributed by atoms with Crippen molar-refractivity contribution in [2.45, 2.75) is 26.8 Å². The van der Waals surface area contributed by atoms with Gasteiger partial charge in [-0.1, -0.05) is 36.7 Å². The molecule has 3 N–H and O–H groups in total. The summed E-state index contributed by atoms with van der Waals surface area (Å²) in [6, 6.07) is 17.0. The molecule has 2 aromatic carbocycles. The number of aromatic hydroxyl groups is 1. The maximum atomic E-state index is 11.8. The van der Waals surface area contributed by atoms with E-state index < -0.39 is 0 Å². The maximum Gasteiger partial charge on any atom is 0.224 e. The van der Waals surface area contributed by atoms with Gasteiger partial charge in [0.05, 0.1) is 21.9 Å². The van der Waals surface area contributed by atoms with Gasteiger partial charge in [0.1, 0.15) is 17.5 Å². The molecule has 0 unspecified atom stereocenters. The number of para-hydroxylation sites is 1. The van der Waals surface area contributed by atoms with Crippen LogP contribution in [0.2, 0.25) is 5.02 Å². The second-order valence-electron chi connectivity index (χ2n) is 7.42. The molecule has 0 radical (unpaired) electrons. The van der Waals surface area contributed by atoms with Crippen molar-refractivity contribution in [1.29, 1.82) is 5.26 Å². The van der Waals surface area contributed by atoms with Crippen LogP contribution in [0.5, 0.6) is 5.75 Å². The number of carbonyl (C=O) groups excluding carboxylic acids is 1. The van der Waals surface area contributed by atoms with E-state index in [1.165, 1.54) is 0 Å². The number of aryl methyl sites for hydroxylation is 1. The van der Waals surface area contributed by atoms with Crippen molar-refractivity contribution in [2.75, 3.05) is 10.6 Å². The van der Waals surface area contributed by atoms with Crippen molar-refractivity contribution in [1.82, 2.24) is 14.8 Å². The quantitative estimate of drug-likeness (QED) is 0.352. The van der Waals surface area contributed by atoms with Gasteiger partial charge >= 0.3 is 0 Å². The summed E-state index contributed by atoms with van der Waals surface area (Å²) in [5, 5.41) is 31.4. The van der Waals surface area contributed by atoms with E-state index in [1.54, 1.807) is 30.7 Å². The number of phenols is 1. The predicted octanol–water partition coefficient (Wildman–Crippen LogP) is 4.92. The maximum absolute atomic E-state index is 11.8. The van der Waals surface area contributed by atoms with Gasteiger partial charge in [-0.25, -0.2) is 4.98 Å². The summed E-state index contributed by atoms with van der Waals surface area (Å²) < 4.78 is 1.60. The van der Waals surface area contributed by atoms with Crippen molar-refractivity contribution >= 4 is 39.9 Å². The molecule has 4 rings (SSSR count). The van der Waals surface area contributed by atoms with Crippen molar-refractivity contribution in [3.05, 3.63) is 70.4 Å². The van der Waals surface area contributed by atoms with Crippen LogP contribution in [0.4, 0.5) is 11.5 Å². The molecule has 8 nitrogen and oxygen atoms in total. The Balaban J connectivity index is 1.69. The summed E-state index contributed by atoms with van der Waals surface area (Å²) in [7, 11) is 0. The molecule has 9 heteroatoms. The number of pyridine rings is 1. The third kappa shape index (κ3) is 4.45. The molecule has 0 aliphatic heterocycles.